The van der Waals surface area contributed by atoms with Crippen molar-refractivity contribution < 1.29 is 5.11 Å². The van der Waals surface area contributed by atoms with E-state index in [-0.39, 0.29) is 17.4 Å². The molecular formula is C25H29N3O2. The second-order valence-electron chi connectivity index (χ2n) is 7.81. The fourth-order valence-electron chi connectivity index (χ4n) is 4.49. The van der Waals surface area contributed by atoms with E-state index < -0.39 is 0 Å². The van der Waals surface area contributed by atoms with Crippen LogP contribution in [-0.4, -0.2) is 40.8 Å². The van der Waals surface area contributed by atoms with Crippen LogP contribution in [-0.2, 0) is 6.54 Å². The summed E-state index contributed by atoms with van der Waals surface area (Å²) in [5.74, 6) is 0.0848. The average molecular weight is 404 g/mol. The normalized spacial score (nSPS) is 15.9. The molecule has 0 saturated carbocycles. The molecule has 1 aliphatic rings. The quantitative estimate of drug-likeness (QED) is 0.704. The Balaban J connectivity index is 1.71. The first kappa shape index (κ1) is 20.2. The van der Waals surface area contributed by atoms with Crippen molar-refractivity contribution in [2.45, 2.75) is 26.4 Å². The minimum absolute atomic E-state index is 0.0848. The number of aromatic hydroxyl groups is 1. The van der Waals surface area contributed by atoms with Crippen LogP contribution in [0.2, 0.25) is 0 Å². The van der Waals surface area contributed by atoms with Crippen molar-refractivity contribution in [1.82, 2.24) is 9.47 Å². The van der Waals surface area contributed by atoms with Gasteiger partial charge in [0.1, 0.15) is 5.75 Å². The Hall–Kier alpha value is -3.05. The summed E-state index contributed by atoms with van der Waals surface area (Å²) in [6.45, 7) is 7.79. The Bertz CT molecular complexity index is 1040. The summed E-state index contributed by atoms with van der Waals surface area (Å²) < 4.78 is 1.74. The van der Waals surface area contributed by atoms with E-state index in [2.05, 4.69) is 34.1 Å². The number of pyridine rings is 1. The first-order valence-electron chi connectivity index (χ1n) is 10.6. The van der Waals surface area contributed by atoms with Crippen LogP contribution in [0.15, 0.2) is 71.5 Å². The molecule has 1 fully saturated rings. The Morgan fingerprint density at radius 1 is 0.933 bits per heavy atom. The molecule has 1 saturated heterocycles. The molecule has 156 valence electrons. The Kier molecular flexibility index (Phi) is 5.91. The third-order valence-electron chi connectivity index (χ3n) is 6.03. The first-order valence-corrected chi connectivity index (χ1v) is 10.6. The predicted molar refractivity (Wildman–Crippen MR) is 121 cm³/mol. The van der Waals surface area contributed by atoms with Gasteiger partial charge in [-0.25, -0.2) is 0 Å². The van der Waals surface area contributed by atoms with Gasteiger partial charge in [0.2, 0.25) is 0 Å². The van der Waals surface area contributed by atoms with Gasteiger partial charge in [0.25, 0.3) is 5.56 Å². The van der Waals surface area contributed by atoms with Gasteiger partial charge in [0.05, 0.1) is 11.6 Å². The van der Waals surface area contributed by atoms with Crippen LogP contribution in [0.4, 0.5) is 5.69 Å². The molecule has 5 heteroatoms. The van der Waals surface area contributed by atoms with Crippen molar-refractivity contribution in [1.29, 1.82) is 0 Å². The van der Waals surface area contributed by atoms with Crippen LogP contribution in [0.25, 0.3) is 0 Å². The van der Waals surface area contributed by atoms with E-state index in [1.165, 1.54) is 5.69 Å². The minimum atomic E-state index is -0.268. The number of aromatic nitrogens is 1. The lowest BCUT2D eigenvalue weighted by molar-refractivity contribution is 0.207. The Labute approximate surface area is 177 Å². The highest BCUT2D eigenvalue weighted by molar-refractivity contribution is 5.47. The molecule has 1 aromatic heterocycles. The van der Waals surface area contributed by atoms with Crippen molar-refractivity contribution in [2.24, 2.45) is 0 Å². The van der Waals surface area contributed by atoms with Crippen LogP contribution in [0.1, 0.15) is 29.8 Å². The van der Waals surface area contributed by atoms with E-state index in [1.54, 1.807) is 10.6 Å². The fourth-order valence-corrected chi connectivity index (χ4v) is 4.49. The number of rotatable bonds is 5. The molecule has 3 aromatic rings. The highest BCUT2D eigenvalue weighted by atomic mass is 16.3. The van der Waals surface area contributed by atoms with Gasteiger partial charge in [-0.05, 0) is 37.6 Å². The number of aryl methyl sites for hydroxylation is 1. The molecule has 0 unspecified atom stereocenters. The van der Waals surface area contributed by atoms with Gasteiger partial charge in [-0.3, -0.25) is 9.69 Å². The lowest BCUT2D eigenvalue weighted by atomic mass is 9.96. The van der Waals surface area contributed by atoms with Crippen LogP contribution in [0.5, 0.6) is 5.75 Å². The summed E-state index contributed by atoms with van der Waals surface area (Å²) >= 11 is 0. The van der Waals surface area contributed by atoms with Gasteiger partial charge < -0.3 is 14.6 Å². The highest BCUT2D eigenvalue weighted by Crippen LogP contribution is 2.33. The number of benzene rings is 2. The van der Waals surface area contributed by atoms with E-state index in [4.69, 9.17) is 0 Å². The zero-order chi connectivity index (χ0) is 21.1. The molecule has 0 spiro atoms. The van der Waals surface area contributed by atoms with Crippen molar-refractivity contribution in [3.8, 4) is 5.75 Å². The molecule has 2 aromatic carbocycles. The number of hydrogen-bond acceptors (Lipinski definition) is 4. The standard InChI is InChI=1S/C25H29N3O2/c1-3-28-19(2)18-22(29)23(25(28)30)24(20-10-6-4-7-11-20)27-16-14-26(15-17-27)21-12-8-5-9-13-21/h4-13,18,24,29H,3,14-17H2,1-2H3/t24-/m1/s1. The Morgan fingerprint density at radius 3 is 2.13 bits per heavy atom. The van der Waals surface area contributed by atoms with Crippen LogP contribution in [0, 0.1) is 6.92 Å². The summed E-state index contributed by atoms with van der Waals surface area (Å²) in [4.78, 5) is 18.0. The lowest BCUT2D eigenvalue weighted by Gasteiger charge is -2.40. The van der Waals surface area contributed by atoms with Crippen LogP contribution in [0.3, 0.4) is 0 Å². The molecule has 0 radical (unpaired) electrons. The smallest absolute Gasteiger partial charge is 0.259 e. The maximum atomic E-state index is 13.4. The molecule has 30 heavy (non-hydrogen) atoms. The molecule has 1 aliphatic heterocycles. The van der Waals surface area contributed by atoms with Gasteiger partial charge >= 0.3 is 0 Å². The maximum absolute atomic E-state index is 13.4. The molecule has 1 N–H and O–H groups in total. The second kappa shape index (κ2) is 8.76. The lowest BCUT2D eigenvalue weighted by Crippen LogP contribution is -2.49. The number of anilines is 1. The molecule has 1 atom stereocenters. The SMILES string of the molecule is CCn1c(C)cc(O)c([C@@H](c2ccccc2)N2CCN(c3ccccc3)CC2)c1=O. The molecular weight excluding hydrogens is 374 g/mol. The second-order valence-corrected chi connectivity index (χ2v) is 7.81. The predicted octanol–water partition coefficient (Wildman–Crippen LogP) is 3.79. The molecule has 4 rings (SSSR count). The largest absolute Gasteiger partial charge is 0.507 e. The summed E-state index contributed by atoms with van der Waals surface area (Å²) in [5, 5.41) is 10.8. The van der Waals surface area contributed by atoms with E-state index in [1.807, 2.05) is 50.2 Å². The molecule has 0 bridgehead atoms. The van der Waals surface area contributed by atoms with Gasteiger partial charge in [-0.2, -0.15) is 0 Å². The summed E-state index contributed by atoms with van der Waals surface area (Å²) in [6.07, 6.45) is 0. The van der Waals surface area contributed by atoms with Crippen LogP contribution < -0.4 is 10.5 Å². The number of nitrogens with zero attached hydrogens (tertiary/aromatic N) is 3. The Morgan fingerprint density at radius 2 is 1.53 bits per heavy atom. The number of para-hydroxylation sites is 1. The zero-order valence-corrected chi connectivity index (χ0v) is 17.7. The first-order chi connectivity index (χ1) is 14.6. The molecule has 0 aliphatic carbocycles. The fraction of sp³-hybridized carbons (Fsp3) is 0.320. The summed E-state index contributed by atoms with van der Waals surface area (Å²) in [7, 11) is 0. The monoisotopic (exact) mass is 403 g/mol. The molecule has 2 heterocycles. The van der Waals surface area contributed by atoms with Gasteiger partial charge in [0, 0.05) is 44.1 Å². The van der Waals surface area contributed by atoms with Crippen molar-refractivity contribution in [3.63, 3.8) is 0 Å². The molecule has 0 amide bonds. The van der Waals surface area contributed by atoms with Crippen molar-refractivity contribution in [3.05, 3.63) is 93.9 Å². The van der Waals surface area contributed by atoms with E-state index in [0.717, 1.165) is 37.4 Å². The topological polar surface area (TPSA) is 48.7 Å². The van der Waals surface area contributed by atoms with Gasteiger partial charge in [0.15, 0.2) is 0 Å². The third-order valence-corrected chi connectivity index (χ3v) is 6.03. The molecule has 5 nitrogen and oxygen atoms in total. The number of hydrogen-bond donors (Lipinski definition) is 1. The highest BCUT2D eigenvalue weighted by Gasteiger charge is 2.31. The maximum Gasteiger partial charge on any atom is 0.259 e. The van der Waals surface area contributed by atoms with E-state index in [9.17, 15) is 9.90 Å². The third kappa shape index (κ3) is 3.85. The van der Waals surface area contributed by atoms with E-state index >= 15 is 0 Å². The van der Waals surface area contributed by atoms with Crippen LogP contribution >= 0.6 is 0 Å². The van der Waals surface area contributed by atoms with Crippen molar-refractivity contribution >= 4 is 5.69 Å². The van der Waals surface area contributed by atoms with Gasteiger partial charge in [-0.15, -0.1) is 0 Å². The average Bonchev–Trinajstić information content (AvgIpc) is 2.78. The van der Waals surface area contributed by atoms with Crippen molar-refractivity contribution in [2.75, 3.05) is 31.1 Å². The minimum Gasteiger partial charge on any atom is -0.507 e. The summed E-state index contributed by atoms with van der Waals surface area (Å²) in [6, 6.07) is 21.9. The van der Waals surface area contributed by atoms with E-state index in [0.29, 0.717) is 12.1 Å². The van der Waals surface area contributed by atoms with Gasteiger partial charge in [-0.1, -0.05) is 48.5 Å². The number of piperazine rings is 1. The summed E-state index contributed by atoms with van der Waals surface area (Å²) in [5.41, 5.74) is 3.41. The zero-order valence-electron chi connectivity index (χ0n) is 17.7.